The maximum Gasteiger partial charge on any atom is 0.255 e. The molecule has 7 nitrogen and oxygen atoms in total. The molecule has 4 aromatic rings. The van der Waals surface area contributed by atoms with E-state index in [1.54, 1.807) is 12.1 Å². The maximum atomic E-state index is 12.7. The van der Waals surface area contributed by atoms with Crippen LogP contribution in [-0.2, 0) is 5.41 Å². The monoisotopic (exact) mass is 472 g/mol. The summed E-state index contributed by atoms with van der Waals surface area (Å²) in [6.07, 6.45) is 0.976. The number of nitrogens with one attached hydrogen (secondary N) is 1. The van der Waals surface area contributed by atoms with Crippen molar-refractivity contribution in [2.75, 3.05) is 11.9 Å². The van der Waals surface area contributed by atoms with E-state index in [9.17, 15) is 9.90 Å². The third-order valence-corrected chi connectivity index (χ3v) is 5.78. The van der Waals surface area contributed by atoms with E-state index >= 15 is 0 Å². The zero-order valence-corrected chi connectivity index (χ0v) is 20.9. The number of fused-ring (bicyclic) bond motifs is 1. The van der Waals surface area contributed by atoms with Crippen LogP contribution in [0.15, 0.2) is 60.7 Å². The fourth-order valence-electron chi connectivity index (χ4n) is 3.60. The first-order chi connectivity index (χ1) is 16.6. The molecule has 0 fully saturated rings. The molecule has 0 aliphatic carbocycles. The van der Waals surface area contributed by atoms with Crippen LogP contribution in [0.3, 0.4) is 0 Å². The quantitative estimate of drug-likeness (QED) is 0.339. The van der Waals surface area contributed by atoms with Crippen molar-refractivity contribution in [2.45, 2.75) is 46.5 Å². The Hall–Kier alpha value is -3.87. The van der Waals surface area contributed by atoms with Gasteiger partial charge < -0.3 is 15.2 Å². The molecule has 0 spiro atoms. The Labute approximate surface area is 205 Å². The van der Waals surface area contributed by atoms with Crippen molar-refractivity contribution in [3.05, 3.63) is 71.8 Å². The summed E-state index contributed by atoms with van der Waals surface area (Å²) in [7, 11) is 0. The van der Waals surface area contributed by atoms with E-state index in [0.29, 0.717) is 40.5 Å². The molecule has 0 unspecified atom stereocenters. The number of phenolic OH excluding ortho intramolecular Hbond substituents is 1. The molecule has 0 aliphatic heterocycles. The largest absolute Gasteiger partial charge is 0.506 e. The molecule has 1 aromatic heterocycles. The number of anilines is 1. The summed E-state index contributed by atoms with van der Waals surface area (Å²) >= 11 is 0. The zero-order valence-electron chi connectivity index (χ0n) is 20.9. The Morgan fingerprint density at radius 3 is 2.37 bits per heavy atom. The maximum absolute atomic E-state index is 12.7. The Kier molecular flexibility index (Phi) is 6.78. The summed E-state index contributed by atoms with van der Waals surface area (Å²) in [5.74, 6) is 1.03. The predicted molar refractivity (Wildman–Crippen MR) is 139 cm³/mol. The number of carbonyl (C=O) groups is 1. The summed E-state index contributed by atoms with van der Waals surface area (Å²) < 4.78 is 5.81. The van der Waals surface area contributed by atoms with Crippen LogP contribution in [0.5, 0.6) is 11.5 Å². The Morgan fingerprint density at radius 2 is 1.71 bits per heavy atom. The normalized spacial score (nSPS) is 11.7. The molecule has 0 radical (unpaired) electrons. The number of carbonyl (C=O) groups excluding carboxylic acids is 1. The van der Waals surface area contributed by atoms with Gasteiger partial charge in [0.1, 0.15) is 28.2 Å². The van der Waals surface area contributed by atoms with Crippen molar-refractivity contribution in [1.29, 1.82) is 0 Å². The van der Waals surface area contributed by atoms with Gasteiger partial charge in [-0.05, 0) is 59.7 Å². The number of benzene rings is 3. The van der Waals surface area contributed by atoms with Gasteiger partial charge in [0.2, 0.25) is 0 Å². The molecule has 1 amide bonds. The van der Waals surface area contributed by atoms with Crippen LogP contribution in [0.2, 0.25) is 0 Å². The molecule has 35 heavy (non-hydrogen) atoms. The van der Waals surface area contributed by atoms with Gasteiger partial charge >= 0.3 is 0 Å². The van der Waals surface area contributed by atoms with Crippen molar-refractivity contribution in [1.82, 2.24) is 15.0 Å². The van der Waals surface area contributed by atoms with Gasteiger partial charge in [0.05, 0.1) is 6.61 Å². The number of amides is 1. The van der Waals surface area contributed by atoms with Gasteiger partial charge in [0.15, 0.2) is 0 Å². The highest BCUT2D eigenvalue weighted by Gasteiger charge is 2.15. The lowest BCUT2D eigenvalue weighted by atomic mass is 9.87. The van der Waals surface area contributed by atoms with E-state index in [4.69, 9.17) is 4.74 Å². The highest BCUT2D eigenvalue weighted by molar-refractivity contribution is 6.04. The van der Waals surface area contributed by atoms with Crippen LogP contribution < -0.4 is 10.1 Å². The standard InChI is InChI=1S/C28H32N4O3/c1-18(2)14-15-35-22-11-12-23-24(17-22)31-32(30-23)25-13-10-21(16-26(25)33)29-27(34)19-6-8-20(9-7-19)28(3,4)5/h6-13,16-18,33H,14-15H2,1-5H3,(H,29,34). The minimum atomic E-state index is -0.245. The molecule has 0 atom stereocenters. The molecule has 0 saturated carbocycles. The number of aromatic nitrogens is 3. The molecular weight excluding hydrogens is 440 g/mol. The second-order valence-electron chi connectivity index (χ2n) is 10.2. The van der Waals surface area contributed by atoms with E-state index in [-0.39, 0.29) is 17.1 Å². The van der Waals surface area contributed by atoms with E-state index < -0.39 is 0 Å². The summed E-state index contributed by atoms with van der Waals surface area (Å²) in [6, 6.07) is 18.0. The number of hydrogen-bond donors (Lipinski definition) is 2. The van der Waals surface area contributed by atoms with Crippen LogP contribution in [-0.4, -0.2) is 32.6 Å². The molecule has 0 aliphatic rings. The third kappa shape index (κ3) is 5.80. The first-order valence-corrected chi connectivity index (χ1v) is 11.9. The van der Waals surface area contributed by atoms with E-state index in [1.807, 2.05) is 42.5 Å². The summed E-state index contributed by atoms with van der Waals surface area (Å²) in [4.78, 5) is 14.1. The SMILES string of the molecule is CC(C)CCOc1ccc2nn(-c3ccc(NC(=O)c4ccc(C(C)(C)C)cc4)cc3O)nc2c1. The summed E-state index contributed by atoms with van der Waals surface area (Å²) in [6.45, 7) is 11.3. The molecule has 0 bridgehead atoms. The van der Waals surface area contributed by atoms with Crippen molar-refractivity contribution >= 4 is 22.6 Å². The lowest BCUT2D eigenvalue weighted by molar-refractivity contribution is 0.102. The number of hydrogen-bond acceptors (Lipinski definition) is 5. The van der Waals surface area contributed by atoms with Crippen molar-refractivity contribution in [3.63, 3.8) is 0 Å². The topological polar surface area (TPSA) is 89.3 Å². The Balaban J connectivity index is 1.48. The van der Waals surface area contributed by atoms with Gasteiger partial charge in [-0.3, -0.25) is 4.79 Å². The highest BCUT2D eigenvalue weighted by Crippen LogP contribution is 2.27. The number of ether oxygens (including phenoxy) is 1. The first-order valence-electron chi connectivity index (χ1n) is 11.9. The van der Waals surface area contributed by atoms with Crippen LogP contribution in [0.25, 0.3) is 16.7 Å². The van der Waals surface area contributed by atoms with E-state index in [1.165, 1.54) is 10.9 Å². The Morgan fingerprint density at radius 1 is 1.00 bits per heavy atom. The summed E-state index contributed by atoms with van der Waals surface area (Å²) in [5.41, 5.74) is 3.98. The van der Waals surface area contributed by atoms with Crippen molar-refractivity contribution in [2.24, 2.45) is 5.92 Å². The molecule has 182 valence electrons. The Bertz CT molecular complexity index is 1330. The average molecular weight is 473 g/mol. The highest BCUT2D eigenvalue weighted by atomic mass is 16.5. The van der Waals surface area contributed by atoms with Gasteiger partial charge in [0, 0.05) is 23.4 Å². The van der Waals surface area contributed by atoms with Crippen LogP contribution in [0, 0.1) is 5.92 Å². The fraction of sp³-hybridized carbons (Fsp3) is 0.321. The van der Waals surface area contributed by atoms with Gasteiger partial charge in [-0.2, -0.15) is 0 Å². The molecular formula is C28H32N4O3. The van der Waals surface area contributed by atoms with Crippen LogP contribution in [0.4, 0.5) is 5.69 Å². The van der Waals surface area contributed by atoms with Crippen LogP contribution >= 0.6 is 0 Å². The lowest BCUT2D eigenvalue weighted by Gasteiger charge is -2.19. The smallest absolute Gasteiger partial charge is 0.255 e. The minimum absolute atomic E-state index is 0.0182. The molecule has 3 aromatic carbocycles. The van der Waals surface area contributed by atoms with E-state index in [2.05, 4.69) is 50.1 Å². The third-order valence-electron chi connectivity index (χ3n) is 5.78. The average Bonchev–Trinajstić information content (AvgIpc) is 3.21. The predicted octanol–water partition coefficient (Wildman–Crippen LogP) is 6.10. The minimum Gasteiger partial charge on any atom is -0.506 e. The zero-order chi connectivity index (χ0) is 25.2. The van der Waals surface area contributed by atoms with Crippen LogP contribution in [0.1, 0.15) is 57.0 Å². The first kappa shape index (κ1) is 24.3. The second kappa shape index (κ2) is 9.78. The van der Waals surface area contributed by atoms with Crippen molar-refractivity contribution < 1.29 is 14.6 Å². The second-order valence-corrected chi connectivity index (χ2v) is 10.2. The van der Waals surface area contributed by atoms with Gasteiger partial charge in [-0.25, -0.2) is 0 Å². The number of phenols is 1. The van der Waals surface area contributed by atoms with E-state index in [0.717, 1.165) is 17.7 Å². The van der Waals surface area contributed by atoms with Crippen molar-refractivity contribution in [3.8, 4) is 17.2 Å². The van der Waals surface area contributed by atoms with Gasteiger partial charge in [0.25, 0.3) is 5.91 Å². The summed E-state index contributed by atoms with van der Waals surface area (Å²) in [5, 5.41) is 22.4. The molecule has 1 heterocycles. The molecule has 4 rings (SSSR count). The number of nitrogens with zero attached hydrogens (tertiary/aromatic N) is 3. The lowest BCUT2D eigenvalue weighted by Crippen LogP contribution is -2.14. The van der Waals surface area contributed by atoms with Gasteiger partial charge in [-0.15, -0.1) is 15.0 Å². The molecule has 7 heteroatoms. The number of rotatable bonds is 7. The number of aromatic hydroxyl groups is 1. The molecule has 0 saturated heterocycles. The fourth-order valence-corrected chi connectivity index (χ4v) is 3.60. The van der Waals surface area contributed by atoms with Gasteiger partial charge in [-0.1, -0.05) is 46.8 Å². The molecule has 2 N–H and O–H groups in total.